The summed E-state index contributed by atoms with van der Waals surface area (Å²) < 4.78 is 98.8. The second-order valence-corrected chi connectivity index (χ2v) is 5.54. The average molecular weight is 344 g/mol. The second kappa shape index (κ2) is 6.45. The van der Waals surface area contributed by atoms with Crippen LogP contribution in [0.15, 0.2) is 0 Å². The summed E-state index contributed by atoms with van der Waals surface area (Å²) in [6.45, 7) is 0.534. The van der Waals surface area contributed by atoms with Crippen molar-refractivity contribution in [1.82, 2.24) is 0 Å². The topological polar surface area (TPSA) is 86.7 Å². The molecule has 1 heterocycles. The van der Waals surface area contributed by atoms with Crippen molar-refractivity contribution in [2.75, 3.05) is 12.4 Å². The van der Waals surface area contributed by atoms with E-state index in [1.807, 2.05) is 0 Å². The van der Waals surface area contributed by atoms with Crippen molar-refractivity contribution < 1.29 is 43.4 Å². The van der Waals surface area contributed by atoms with Crippen LogP contribution in [0, 0.1) is 0 Å². The highest BCUT2D eigenvalue weighted by molar-refractivity contribution is 7.86. The van der Waals surface area contributed by atoms with Gasteiger partial charge in [-0.15, -0.1) is 3.89 Å². The lowest BCUT2D eigenvalue weighted by Gasteiger charge is -2.25. The number of rotatable bonds is 4. The minimum Gasteiger partial charge on any atom is -0.308 e. The third kappa shape index (κ3) is 4.46. The van der Waals surface area contributed by atoms with Crippen LogP contribution < -0.4 is 0 Å². The predicted octanol–water partition coefficient (Wildman–Crippen LogP) is 1.09. The van der Waals surface area contributed by atoms with Crippen LogP contribution in [0.1, 0.15) is 20.3 Å². The predicted molar refractivity (Wildman–Crippen MR) is 58.3 cm³/mol. The molecule has 0 aromatic rings. The van der Waals surface area contributed by atoms with E-state index in [0.717, 1.165) is 6.92 Å². The molecule has 0 saturated carbocycles. The van der Waals surface area contributed by atoms with Gasteiger partial charge in [0.2, 0.25) is 0 Å². The number of halogens is 4. The Bertz CT molecular complexity index is 481. The summed E-state index contributed by atoms with van der Waals surface area (Å²) in [5.74, 6) is -11.2. The Kier molecular flexibility index (Phi) is 6.26. The molecule has 0 amide bonds. The van der Waals surface area contributed by atoms with Crippen LogP contribution in [0.3, 0.4) is 0 Å². The monoisotopic (exact) mass is 344 g/mol. The van der Waals surface area contributed by atoms with E-state index in [4.69, 9.17) is 8.42 Å². The third-order valence-electron chi connectivity index (χ3n) is 2.49. The molecule has 1 aliphatic rings. The second-order valence-electron chi connectivity index (χ2n) is 4.03. The number of hydrogen-bond donors (Lipinski definition) is 0. The lowest BCUT2D eigenvalue weighted by atomic mass is 10.2. The van der Waals surface area contributed by atoms with Crippen LogP contribution in [0.4, 0.5) is 17.1 Å². The van der Waals surface area contributed by atoms with Gasteiger partial charge in [-0.25, -0.2) is 13.2 Å². The zero-order chi connectivity index (χ0) is 16.2. The van der Waals surface area contributed by atoms with Gasteiger partial charge >= 0.3 is 27.6 Å². The molecule has 0 aliphatic carbocycles. The van der Waals surface area contributed by atoms with Crippen LogP contribution >= 0.6 is 0 Å². The number of hydrogen-bond acceptors (Lipinski definition) is 6. The van der Waals surface area contributed by atoms with Gasteiger partial charge in [0.05, 0.1) is 0 Å². The zero-order valence-electron chi connectivity index (χ0n) is 10.4. The SMILES string of the molecule is CCC1(C)OC(F)(CF)C(F)(CS(=O)(=O)F)O1.O=S=O. The van der Waals surface area contributed by atoms with Gasteiger partial charge in [0, 0.05) is 0 Å². The molecule has 120 valence electrons. The highest BCUT2D eigenvalue weighted by Crippen LogP contribution is 2.48. The summed E-state index contributed by atoms with van der Waals surface area (Å²) in [5.41, 5.74) is 0. The minimum absolute atomic E-state index is 0.0727. The molecular weight excluding hydrogens is 332 g/mol. The fraction of sp³-hybridized carbons (Fsp3) is 1.00. The largest absolute Gasteiger partial charge is 0.335 e. The molecule has 6 nitrogen and oxygen atoms in total. The molecule has 0 aromatic carbocycles. The maximum Gasteiger partial charge on any atom is 0.335 e. The van der Waals surface area contributed by atoms with Crippen LogP contribution in [0.5, 0.6) is 0 Å². The van der Waals surface area contributed by atoms with E-state index in [1.165, 1.54) is 6.92 Å². The van der Waals surface area contributed by atoms with E-state index in [1.54, 1.807) is 0 Å². The fourth-order valence-electron chi connectivity index (χ4n) is 1.49. The molecule has 0 bridgehead atoms. The summed E-state index contributed by atoms with van der Waals surface area (Å²) in [6, 6.07) is 0. The van der Waals surface area contributed by atoms with Gasteiger partial charge in [-0.2, -0.15) is 16.8 Å². The highest BCUT2D eigenvalue weighted by Gasteiger charge is 2.69. The third-order valence-corrected chi connectivity index (χ3v) is 3.20. The Morgan fingerprint density at radius 1 is 1.15 bits per heavy atom. The van der Waals surface area contributed by atoms with E-state index < -0.39 is 51.7 Å². The van der Waals surface area contributed by atoms with Crippen molar-refractivity contribution in [3.8, 4) is 0 Å². The van der Waals surface area contributed by atoms with Crippen LogP contribution in [0.25, 0.3) is 0 Å². The van der Waals surface area contributed by atoms with Gasteiger partial charge in [-0.3, -0.25) is 0 Å². The van der Waals surface area contributed by atoms with Crippen molar-refractivity contribution in [2.45, 2.75) is 37.8 Å². The van der Waals surface area contributed by atoms with Gasteiger partial charge < -0.3 is 9.47 Å². The van der Waals surface area contributed by atoms with E-state index in [2.05, 4.69) is 9.47 Å². The highest BCUT2D eigenvalue weighted by atomic mass is 32.3. The van der Waals surface area contributed by atoms with Crippen LogP contribution in [0.2, 0.25) is 0 Å². The molecule has 12 heteroatoms. The quantitative estimate of drug-likeness (QED) is 0.560. The molecular formula is C8H12F4O6S2. The molecule has 1 aliphatic heterocycles. The lowest BCUT2D eigenvalue weighted by Crippen LogP contribution is -2.50. The summed E-state index contributed by atoms with van der Waals surface area (Å²) in [6.07, 6.45) is -0.0727. The van der Waals surface area contributed by atoms with E-state index in [-0.39, 0.29) is 6.42 Å². The standard InChI is InChI=1S/C8H12F4O4S.O2S/c1-3-6(2)15-7(10,4-9)8(11,16-6)5-17(12,13)14;1-3-2/h3-5H2,1-2H3;. The van der Waals surface area contributed by atoms with Crippen molar-refractivity contribution in [2.24, 2.45) is 0 Å². The maximum atomic E-state index is 14.0. The number of alkyl halides is 3. The molecule has 3 atom stereocenters. The minimum atomic E-state index is -5.39. The molecule has 1 rings (SSSR count). The van der Waals surface area contributed by atoms with Crippen LogP contribution in [-0.4, -0.2) is 46.8 Å². The van der Waals surface area contributed by atoms with Gasteiger partial charge in [0.15, 0.2) is 12.5 Å². The van der Waals surface area contributed by atoms with Crippen molar-refractivity contribution in [1.29, 1.82) is 0 Å². The first-order valence-corrected chi connectivity index (χ1v) is 7.31. The Hall–Kier alpha value is -0.590. The molecule has 3 unspecified atom stereocenters. The first-order chi connectivity index (χ1) is 8.91. The van der Waals surface area contributed by atoms with Gasteiger partial charge in [-0.05, 0) is 13.3 Å². The van der Waals surface area contributed by atoms with Crippen LogP contribution in [-0.2, 0) is 31.3 Å². The summed E-state index contributed by atoms with van der Waals surface area (Å²) >= 11 is -0.750. The first-order valence-electron chi connectivity index (χ1n) is 5.09. The summed E-state index contributed by atoms with van der Waals surface area (Å²) in [5, 5.41) is 0. The maximum absolute atomic E-state index is 14.0. The smallest absolute Gasteiger partial charge is 0.308 e. The summed E-state index contributed by atoms with van der Waals surface area (Å²) in [4.78, 5) is 0. The van der Waals surface area contributed by atoms with Gasteiger partial charge in [0.1, 0.15) is 5.75 Å². The van der Waals surface area contributed by atoms with E-state index in [9.17, 15) is 25.5 Å². The molecule has 0 radical (unpaired) electrons. The Morgan fingerprint density at radius 3 is 1.85 bits per heavy atom. The molecule has 1 fully saturated rings. The van der Waals surface area contributed by atoms with Gasteiger partial charge in [-0.1, -0.05) is 6.92 Å². The molecule has 0 aromatic heterocycles. The number of ether oxygens (including phenoxy) is 2. The molecule has 20 heavy (non-hydrogen) atoms. The Balaban J connectivity index is 0.00000110. The van der Waals surface area contributed by atoms with Crippen molar-refractivity contribution in [3.05, 3.63) is 0 Å². The van der Waals surface area contributed by atoms with E-state index >= 15 is 0 Å². The average Bonchev–Trinajstić information content (AvgIpc) is 2.46. The molecule has 0 N–H and O–H groups in total. The molecule has 0 spiro atoms. The Morgan fingerprint density at radius 2 is 1.55 bits per heavy atom. The van der Waals surface area contributed by atoms with Gasteiger partial charge in [0.25, 0.3) is 5.85 Å². The summed E-state index contributed by atoms with van der Waals surface area (Å²) in [7, 11) is -5.39. The van der Waals surface area contributed by atoms with Crippen molar-refractivity contribution in [3.63, 3.8) is 0 Å². The van der Waals surface area contributed by atoms with Crippen molar-refractivity contribution >= 4 is 21.8 Å². The normalized spacial score (nSPS) is 37.1. The molecule has 1 saturated heterocycles. The lowest BCUT2D eigenvalue weighted by molar-refractivity contribution is -0.215. The first kappa shape index (κ1) is 19.4. The fourth-order valence-corrected chi connectivity index (χ4v) is 2.21. The zero-order valence-corrected chi connectivity index (χ0v) is 12.0. The van der Waals surface area contributed by atoms with E-state index in [0.29, 0.717) is 0 Å². The Labute approximate surface area is 116 Å².